The van der Waals surface area contributed by atoms with E-state index in [1.807, 2.05) is 0 Å². The van der Waals surface area contributed by atoms with Crippen LogP contribution in [0.5, 0.6) is 11.5 Å². The number of esters is 1. The van der Waals surface area contributed by atoms with Gasteiger partial charge in [-0.2, -0.15) is 0 Å². The Bertz CT molecular complexity index is 677. The van der Waals surface area contributed by atoms with E-state index >= 15 is 0 Å². The molecule has 0 N–H and O–H groups in total. The molecule has 0 aliphatic heterocycles. The molecule has 2 aromatic carbocycles. The van der Waals surface area contributed by atoms with Crippen LogP contribution in [0.15, 0.2) is 48.5 Å². The van der Waals surface area contributed by atoms with Gasteiger partial charge in [-0.1, -0.05) is 0 Å². The lowest BCUT2D eigenvalue weighted by molar-refractivity contribution is -0.144. The molecule has 0 unspecified atom stereocenters. The number of hydrogen-bond donors (Lipinski definition) is 0. The summed E-state index contributed by atoms with van der Waals surface area (Å²) in [6, 6.07) is 14.3. The van der Waals surface area contributed by atoms with Crippen LogP contribution in [0.25, 0.3) is 0 Å². The number of nitrogens with zero attached hydrogens (tertiary/aromatic N) is 1. The minimum absolute atomic E-state index is 0.0372. The molecule has 2 aromatic rings. The average molecular weight is 357 g/mol. The maximum Gasteiger partial charge on any atom is 0.306 e. The van der Waals surface area contributed by atoms with Gasteiger partial charge >= 0.3 is 5.97 Å². The van der Waals surface area contributed by atoms with Crippen molar-refractivity contribution in [2.45, 2.75) is 19.8 Å². The molecular formula is C20H23NO5. The average Bonchev–Trinajstić information content (AvgIpc) is 2.68. The van der Waals surface area contributed by atoms with Crippen molar-refractivity contribution >= 4 is 23.3 Å². The van der Waals surface area contributed by atoms with E-state index in [0.29, 0.717) is 29.5 Å². The molecule has 0 fully saturated rings. The van der Waals surface area contributed by atoms with Crippen LogP contribution < -0.4 is 14.4 Å². The molecule has 2 rings (SSSR count). The van der Waals surface area contributed by atoms with Crippen LogP contribution in [-0.4, -0.2) is 32.7 Å². The predicted molar refractivity (Wildman–Crippen MR) is 99.0 cm³/mol. The van der Waals surface area contributed by atoms with Gasteiger partial charge in [0.05, 0.1) is 27.2 Å². The second-order valence-electron chi connectivity index (χ2n) is 5.43. The molecule has 6 nitrogen and oxygen atoms in total. The van der Waals surface area contributed by atoms with Crippen LogP contribution in [0.3, 0.4) is 0 Å². The minimum atomic E-state index is -0.384. The number of ether oxygens (including phenoxy) is 3. The normalized spacial score (nSPS) is 10.1. The van der Waals surface area contributed by atoms with Gasteiger partial charge in [-0.15, -0.1) is 0 Å². The maximum atomic E-state index is 12.8. The van der Waals surface area contributed by atoms with E-state index in [0.717, 1.165) is 0 Å². The zero-order chi connectivity index (χ0) is 18.9. The fourth-order valence-corrected chi connectivity index (χ4v) is 2.45. The first kappa shape index (κ1) is 19.3. The van der Waals surface area contributed by atoms with E-state index < -0.39 is 0 Å². The summed E-state index contributed by atoms with van der Waals surface area (Å²) in [5.41, 5.74) is 1.37. The summed E-state index contributed by atoms with van der Waals surface area (Å²) in [7, 11) is 3.17. The highest BCUT2D eigenvalue weighted by molar-refractivity contribution is 6.01. The highest BCUT2D eigenvalue weighted by atomic mass is 16.5. The minimum Gasteiger partial charge on any atom is -0.497 e. The monoisotopic (exact) mass is 357 g/mol. The molecule has 0 bridgehead atoms. The molecule has 26 heavy (non-hydrogen) atoms. The number of anilines is 2. The van der Waals surface area contributed by atoms with Gasteiger partial charge < -0.3 is 14.2 Å². The van der Waals surface area contributed by atoms with Crippen LogP contribution in [0.1, 0.15) is 19.8 Å². The zero-order valence-electron chi connectivity index (χ0n) is 15.2. The van der Waals surface area contributed by atoms with E-state index in [2.05, 4.69) is 0 Å². The Kier molecular flexibility index (Phi) is 7.02. The van der Waals surface area contributed by atoms with E-state index in [1.54, 1.807) is 74.6 Å². The number of amides is 1. The molecule has 0 heterocycles. The third kappa shape index (κ3) is 4.99. The van der Waals surface area contributed by atoms with Gasteiger partial charge in [0.25, 0.3) is 0 Å². The van der Waals surface area contributed by atoms with Crippen LogP contribution in [-0.2, 0) is 14.3 Å². The Morgan fingerprint density at radius 2 is 1.27 bits per heavy atom. The van der Waals surface area contributed by atoms with Crippen LogP contribution in [0.2, 0.25) is 0 Å². The SMILES string of the molecule is CCOC(=O)CCC(=O)N(c1ccc(OC)cc1)c1ccc(OC)cc1. The molecule has 138 valence electrons. The summed E-state index contributed by atoms with van der Waals surface area (Å²) < 4.78 is 15.2. The maximum absolute atomic E-state index is 12.8. The number of hydrogen-bond acceptors (Lipinski definition) is 5. The molecule has 0 atom stereocenters. The summed E-state index contributed by atoms with van der Waals surface area (Å²) in [4.78, 5) is 26.0. The molecule has 6 heteroatoms. The fraction of sp³-hybridized carbons (Fsp3) is 0.300. The Morgan fingerprint density at radius 1 is 0.808 bits per heavy atom. The molecule has 0 spiro atoms. The van der Waals surface area contributed by atoms with Gasteiger partial charge in [0.15, 0.2) is 0 Å². The number of rotatable bonds is 8. The molecule has 0 saturated heterocycles. The van der Waals surface area contributed by atoms with Crippen molar-refractivity contribution in [1.29, 1.82) is 0 Å². The Labute approximate surface area is 153 Å². The number of methoxy groups -OCH3 is 2. The first-order chi connectivity index (χ1) is 12.6. The van der Waals surface area contributed by atoms with Crippen molar-refractivity contribution in [3.8, 4) is 11.5 Å². The summed E-state index contributed by atoms with van der Waals surface area (Å²) >= 11 is 0. The zero-order valence-corrected chi connectivity index (χ0v) is 15.2. The van der Waals surface area contributed by atoms with E-state index in [4.69, 9.17) is 14.2 Å². The first-order valence-corrected chi connectivity index (χ1v) is 8.35. The quantitative estimate of drug-likeness (QED) is 0.674. The third-order valence-electron chi connectivity index (χ3n) is 3.76. The topological polar surface area (TPSA) is 65.1 Å². The van der Waals surface area contributed by atoms with Gasteiger partial charge in [-0.25, -0.2) is 0 Å². The number of carbonyl (C=O) groups is 2. The molecule has 0 aliphatic rings. The molecule has 0 saturated carbocycles. The Hall–Kier alpha value is -3.02. The molecule has 0 aliphatic carbocycles. The molecular weight excluding hydrogens is 334 g/mol. The smallest absolute Gasteiger partial charge is 0.306 e. The first-order valence-electron chi connectivity index (χ1n) is 8.35. The van der Waals surface area contributed by atoms with Gasteiger partial charge in [-0.05, 0) is 55.5 Å². The van der Waals surface area contributed by atoms with Crippen molar-refractivity contribution in [1.82, 2.24) is 0 Å². The van der Waals surface area contributed by atoms with E-state index in [-0.39, 0.29) is 24.7 Å². The summed E-state index contributed by atoms with van der Waals surface area (Å²) in [6.07, 6.45) is 0.0897. The second kappa shape index (κ2) is 9.46. The van der Waals surface area contributed by atoms with Crippen molar-refractivity contribution in [2.24, 2.45) is 0 Å². The van der Waals surface area contributed by atoms with Gasteiger partial charge in [0, 0.05) is 17.8 Å². The van der Waals surface area contributed by atoms with Crippen molar-refractivity contribution in [3.05, 3.63) is 48.5 Å². The van der Waals surface area contributed by atoms with Gasteiger partial charge in [0.2, 0.25) is 5.91 Å². The van der Waals surface area contributed by atoms with Crippen LogP contribution in [0, 0.1) is 0 Å². The van der Waals surface area contributed by atoms with Crippen LogP contribution >= 0.6 is 0 Å². The van der Waals surface area contributed by atoms with E-state index in [1.165, 1.54) is 0 Å². The predicted octanol–water partition coefficient (Wildman–Crippen LogP) is 3.71. The largest absolute Gasteiger partial charge is 0.497 e. The Morgan fingerprint density at radius 3 is 1.65 bits per heavy atom. The highest BCUT2D eigenvalue weighted by Crippen LogP contribution is 2.29. The third-order valence-corrected chi connectivity index (χ3v) is 3.76. The lowest BCUT2D eigenvalue weighted by atomic mass is 10.2. The number of carbonyl (C=O) groups excluding carboxylic acids is 2. The van der Waals surface area contributed by atoms with Crippen molar-refractivity contribution in [3.63, 3.8) is 0 Å². The van der Waals surface area contributed by atoms with Gasteiger partial charge in [0.1, 0.15) is 11.5 Å². The fourth-order valence-electron chi connectivity index (χ4n) is 2.45. The standard InChI is InChI=1S/C20H23NO5/c1-4-26-20(23)14-13-19(22)21(15-5-9-17(24-2)10-6-15)16-7-11-18(25-3)12-8-16/h5-12H,4,13-14H2,1-3H3. The lowest BCUT2D eigenvalue weighted by Gasteiger charge is -2.23. The molecule has 1 amide bonds. The van der Waals surface area contributed by atoms with Gasteiger partial charge in [-0.3, -0.25) is 14.5 Å². The van der Waals surface area contributed by atoms with E-state index in [9.17, 15) is 9.59 Å². The highest BCUT2D eigenvalue weighted by Gasteiger charge is 2.19. The van der Waals surface area contributed by atoms with Crippen molar-refractivity contribution < 1.29 is 23.8 Å². The molecule has 0 aromatic heterocycles. The Balaban J connectivity index is 2.27. The summed E-state index contributed by atoms with van der Waals surface area (Å²) in [5.74, 6) is 0.809. The second-order valence-corrected chi connectivity index (χ2v) is 5.43. The lowest BCUT2D eigenvalue weighted by Crippen LogP contribution is -2.26. The number of benzene rings is 2. The van der Waals surface area contributed by atoms with Crippen LogP contribution in [0.4, 0.5) is 11.4 Å². The summed E-state index contributed by atoms with van der Waals surface area (Å²) in [6.45, 7) is 2.04. The summed E-state index contributed by atoms with van der Waals surface area (Å²) in [5, 5.41) is 0. The molecule has 0 radical (unpaired) electrons. The van der Waals surface area contributed by atoms with Crippen molar-refractivity contribution in [2.75, 3.05) is 25.7 Å².